The maximum Gasteiger partial charge on any atom is 0.227 e. The van der Waals surface area contributed by atoms with Crippen molar-refractivity contribution in [2.45, 2.75) is 19.4 Å². The van der Waals surface area contributed by atoms with E-state index in [0.717, 1.165) is 73.7 Å². The number of hydrogen-bond acceptors (Lipinski definition) is 5. The van der Waals surface area contributed by atoms with Crippen molar-refractivity contribution in [1.29, 1.82) is 0 Å². The van der Waals surface area contributed by atoms with Crippen LogP contribution < -0.4 is 10.1 Å². The molecule has 2 N–H and O–H groups in total. The zero-order valence-electron chi connectivity index (χ0n) is 21.7. The fourth-order valence-electron chi connectivity index (χ4n) is 4.30. The number of nitrogens with zero attached hydrogens (tertiary/aromatic N) is 2. The van der Waals surface area contributed by atoms with E-state index in [-0.39, 0.29) is 11.8 Å². The molecule has 0 atom stereocenters. The third-order valence-electron chi connectivity index (χ3n) is 6.73. The number of para-hydroxylation sites is 1. The van der Waals surface area contributed by atoms with E-state index in [4.69, 9.17) is 9.47 Å². The van der Waals surface area contributed by atoms with Crippen LogP contribution in [0.4, 0.5) is 5.69 Å². The largest absolute Gasteiger partial charge is 0.497 e. The topological polar surface area (TPSA) is 79.5 Å². The quantitative estimate of drug-likeness (QED) is 0.338. The molecule has 7 heteroatoms. The molecule has 1 aliphatic heterocycles. The lowest BCUT2D eigenvalue weighted by Crippen LogP contribution is -2.35. The molecule has 0 unspecified atom stereocenters. The molecule has 0 spiro atoms. The molecule has 1 amide bonds. The van der Waals surface area contributed by atoms with Gasteiger partial charge in [-0.1, -0.05) is 48.5 Å². The van der Waals surface area contributed by atoms with Crippen LogP contribution in [0.2, 0.25) is 0 Å². The van der Waals surface area contributed by atoms with Crippen molar-refractivity contribution in [2.24, 2.45) is 5.92 Å². The summed E-state index contributed by atoms with van der Waals surface area (Å²) >= 11 is 0. The van der Waals surface area contributed by atoms with E-state index < -0.39 is 0 Å². The maximum absolute atomic E-state index is 11.4. The van der Waals surface area contributed by atoms with Crippen LogP contribution in [0, 0.1) is 5.92 Å². The maximum atomic E-state index is 11.4. The second-order valence-electron chi connectivity index (χ2n) is 9.61. The second kappa shape index (κ2) is 12.5. The molecule has 7 nitrogen and oxygen atoms in total. The van der Waals surface area contributed by atoms with Gasteiger partial charge in [-0.2, -0.15) is 5.10 Å². The highest BCUT2D eigenvalue weighted by Gasteiger charge is 2.29. The average Bonchev–Trinajstić information content (AvgIpc) is 3.74. The summed E-state index contributed by atoms with van der Waals surface area (Å²) in [7, 11) is 1.62. The van der Waals surface area contributed by atoms with Gasteiger partial charge in [0, 0.05) is 36.6 Å². The van der Waals surface area contributed by atoms with Gasteiger partial charge in [-0.25, -0.2) is 0 Å². The molecule has 2 aliphatic rings. The predicted molar refractivity (Wildman–Crippen MR) is 152 cm³/mol. The summed E-state index contributed by atoms with van der Waals surface area (Å²) < 4.78 is 10.4. The number of amides is 1. The number of rotatable bonds is 7. The Morgan fingerprint density at radius 1 is 1.03 bits per heavy atom. The number of benzene rings is 3. The van der Waals surface area contributed by atoms with Crippen LogP contribution in [0.25, 0.3) is 23.1 Å². The number of fused-ring (bicyclic) bond motifs is 1. The molecule has 196 valence electrons. The van der Waals surface area contributed by atoms with Crippen molar-refractivity contribution in [2.75, 3.05) is 38.7 Å². The van der Waals surface area contributed by atoms with Crippen molar-refractivity contribution in [3.8, 4) is 5.75 Å². The highest BCUT2D eigenvalue weighted by atomic mass is 16.5. The van der Waals surface area contributed by atoms with Crippen LogP contribution in [-0.2, 0) is 16.1 Å². The van der Waals surface area contributed by atoms with E-state index in [9.17, 15) is 4.79 Å². The Bertz CT molecular complexity index is 1350. The number of H-pyrrole nitrogens is 1. The SMILES string of the molecule is C(=C\c1n[nH]c2ccccc12)/c1ccc(CN2CCOCC2)cc1.COc1ccc(NC(=O)C2CC2)cc1. The molecule has 6 rings (SSSR count). The molecule has 1 saturated carbocycles. The number of carbonyl (C=O) groups is 1. The minimum atomic E-state index is 0.134. The molecule has 2 heterocycles. The Hall–Kier alpha value is -3.94. The fourth-order valence-corrected chi connectivity index (χ4v) is 4.30. The smallest absolute Gasteiger partial charge is 0.227 e. The zero-order valence-corrected chi connectivity index (χ0v) is 21.7. The van der Waals surface area contributed by atoms with Gasteiger partial charge in [-0.15, -0.1) is 0 Å². The first kappa shape index (κ1) is 25.7. The first-order valence-electron chi connectivity index (χ1n) is 13.1. The lowest BCUT2D eigenvalue weighted by Gasteiger charge is -2.26. The van der Waals surface area contributed by atoms with E-state index in [2.05, 4.69) is 62.9 Å². The average molecular weight is 511 g/mol. The summed E-state index contributed by atoms with van der Waals surface area (Å²) in [4.78, 5) is 13.8. The fraction of sp³-hybridized carbons (Fsp3) is 0.290. The third-order valence-corrected chi connectivity index (χ3v) is 6.73. The minimum absolute atomic E-state index is 0.134. The monoisotopic (exact) mass is 510 g/mol. The van der Waals surface area contributed by atoms with Gasteiger partial charge in [0.2, 0.25) is 5.91 Å². The molecular weight excluding hydrogens is 476 g/mol. The first-order valence-corrected chi connectivity index (χ1v) is 13.1. The highest BCUT2D eigenvalue weighted by molar-refractivity contribution is 5.94. The molecule has 38 heavy (non-hydrogen) atoms. The number of anilines is 1. The molecule has 0 radical (unpaired) electrons. The van der Waals surface area contributed by atoms with Crippen LogP contribution in [-0.4, -0.2) is 54.4 Å². The summed E-state index contributed by atoms with van der Waals surface area (Å²) in [5.74, 6) is 1.18. The summed E-state index contributed by atoms with van der Waals surface area (Å²) in [6, 6.07) is 24.3. The minimum Gasteiger partial charge on any atom is -0.497 e. The van der Waals surface area contributed by atoms with Crippen molar-refractivity contribution in [3.05, 3.63) is 89.6 Å². The first-order chi connectivity index (χ1) is 18.7. The Morgan fingerprint density at radius 2 is 1.76 bits per heavy atom. The Labute approximate surface area is 223 Å². The van der Waals surface area contributed by atoms with E-state index in [1.54, 1.807) is 7.11 Å². The Morgan fingerprint density at radius 3 is 2.47 bits per heavy atom. The number of nitrogens with one attached hydrogen (secondary N) is 2. The molecule has 4 aromatic rings. The number of carbonyl (C=O) groups excluding carboxylic acids is 1. The van der Waals surface area contributed by atoms with Crippen molar-refractivity contribution in [1.82, 2.24) is 15.1 Å². The molecule has 1 aromatic heterocycles. The van der Waals surface area contributed by atoms with Gasteiger partial charge in [-0.05, 0) is 60.4 Å². The summed E-state index contributed by atoms with van der Waals surface area (Å²) in [5.41, 5.74) is 5.41. The van der Waals surface area contributed by atoms with E-state index >= 15 is 0 Å². The summed E-state index contributed by atoms with van der Waals surface area (Å²) in [5, 5.41) is 11.4. The zero-order chi connectivity index (χ0) is 26.2. The Balaban J connectivity index is 0.000000179. The van der Waals surface area contributed by atoms with Gasteiger partial charge in [-0.3, -0.25) is 14.8 Å². The lowest BCUT2D eigenvalue weighted by atomic mass is 10.1. The molecule has 1 saturated heterocycles. The van der Waals surface area contributed by atoms with Crippen LogP contribution in [0.15, 0.2) is 72.8 Å². The summed E-state index contributed by atoms with van der Waals surface area (Å²) in [6.45, 7) is 4.73. The number of hydrogen-bond donors (Lipinski definition) is 2. The van der Waals surface area contributed by atoms with Crippen LogP contribution in [0.1, 0.15) is 29.7 Å². The number of methoxy groups -OCH3 is 1. The van der Waals surface area contributed by atoms with Crippen molar-refractivity contribution in [3.63, 3.8) is 0 Å². The highest BCUT2D eigenvalue weighted by Crippen LogP contribution is 2.30. The third kappa shape index (κ3) is 7.09. The van der Waals surface area contributed by atoms with Gasteiger partial charge in [0.25, 0.3) is 0 Å². The van der Waals surface area contributed by atoms with Gasteiger partial charge in [0.15, 0.2) is 0 Å². The van der Waals surface area contributed by atoms with Crippen LogP contribution >= 0.6 is 0 Å². The summed E-state index contributed by atoms with van der Waals surface area (Å²) in [6.07, 6.45) is 6.24. The van der Waals surface area contributed by atoms with Gasteiger partial charge >= 0.3 is 0 Å². The predicted octanol–water partition coefficient (Wildman–Crippen LogP) is 5.61. The van der Waals surface area contributed by atoms with Crippen molar-refractivity contribution >= 4 is 34.6 Å². The molecule has 0 bridgehead atoms. The lowest BCUT2D eigenvalue weighted by molar-refractivity contribution is -0.117. The number of morpholine rings is 1. The van der Waals surface area contributed by atoms with Crippen LogP contribution in [0.5, 0.6) is 5.75 Å². The molecule has 2 fully saturated rings. The number of aromatic nitrogens is 2. The van der Waals surface area contributed by atoms with Crippen molar-refractivity contribution < 1.29 is 14.3 Å². The van der Waals surface area contributed by atoms with E-state index in [1.165, 1.54) is 11.1 Å². The second-order valence-corrected chi connectivity index (χ2v) is 9.61. The molecule has 1 aliphatic carbocycles. The van der Waals surface area contributed by atoms with E-state index in [1.807, 2.05) is 42.5 Å². The number of aromatic amines is 1. The Kier molecular flexibility index (Phi) is 8.48. The standard InChI is InChI=1S/C20H21N3O.C11H13NO2/c1-2-4-19-18(3-1)20(22-21-19)10-9-16-5-7-17(8-6-16)15-23-11-13-24-14-12-23;1-14-10-6-4-9(5-7-10)12-11(13)8-2-3-8/h1-10H,11-15H2,(H,21,22);4-8H,2-3H2,1H3,(H,12,13)/b10-9+;. The number of ether oxygens (including phenoxy) is 2. The van der Waals surface area contributed by atoms with Gasteiger partial charge in [0.1, 0.15) is 5.75 Å². The normalized spacial score (nSPS) is 15.7. The van der Waals surface area contributed by atoms with Gasteiger partial charge in [0.05, 0.1) is 31.5 Å². The molecular formula is C31H34N4O3. The van der Waals surface area contributed by atoms with E-state index in [0.29, 0.717) is 0 Å². The van der Waals surface area contributed by atoms with Crippen LogP contribution in [0.3, 0.4) is 0 Å². The molecule has 3 aromatic carbocycles. The van der Waals surface area contributed by atoms with Gasteiger partial charge < -0.3 is 14.8 Å².